The van der Waals surface area contributed by atoms with Gasteiger partial charge in [-0.1, -0.05) is 37.3 Å². The van der Waals surface area contributed by atoms with Gasteiger partial charge in [-0.3, -0.25) is 0 Å². The van der Waals surface area contributed by atoms with Crippen LogP contribution in [0.5, 0.6) is 0 Å². The first kappa shape index (κ1) is 15.1. The topological polar surface area (TPSA) is 46.6 Å². The van der Waals surface area contributed by atoms with Crippen LogP contribution < -0.4 is 0 Å². The molecule has 1 aromatic rings. The molecule has 0 saturated heterocycles. The van der Waals surface area contributed by atoms with E-state index >= 15 is 0 Å². The maximum absolute atomic E-state index is 12.1. The van der Waals surface area contributed by atoms with Crippen LogP contribution in [0.25, 0.3) is 0 Å². The number of ether oxygens (including phenoxy) is 1. The molecule has 0 fully saturated rings. The van der Waals surface area contributed by atoms with Gasteiger partial charge in [0.25, 0.3) is 0 Å². The lowest BCUT2D eigenvalue weighted by atomic mass is 10.2. The monoisotopic (exact) mass is 271 g/mol. The van der Waals surface area contributed by atoms with Gasteiger partial charge in [0.1, 0.15) is 0 Å². The maximum atomic E-state index is 12.1. The van der Waals surface area contributed by atoms with Crippen molar-refractivity contribution in [3.63, 3.8) is 0 Å². The van der Waals surface area contributed by atoms with E-state index in [1.807, 2.05) is 37.3 Å². The molecule has 0 aliphatic carbocycles. The Morgan fingerprint density at radius 2 is 1.89 bits per heavy atom. The van der Waals surface area contributed by atoms with E-state index in [-0.39, 0.29) is 5.75 Å². The van der Waals surface area contributed by atoms with E-state index < -0.39 is 10.0 Å². The van der Waals surface area contributed by atoms with Crippen molar-refractivity contribution in [2.24, 2.45) is 0 Å². The zero-order chi connectivity index (χ0) is 13.4. The van der Waals surface area contributed by atoms with Crippen LogP contribution >= 0.6 is 0 Å². The third-order valence-electron chi connectivity index (χ3n) is 2.60. The summed E-state index contributed by atoms with van der Waals surface area (Å²) in [5.41, 5.74) is 0.994. The summed E-state index contributed by atoms with van der Waals surface area (Å²) in [5.74, 6) is 0.184. The molecule has 0 saturated carbocycles. The van der Waals surface area contributed by atoms with E-state index in [0.29, 0.717) is 26.1 Å². The normalized spacial score (nSPS) is 11.9. The van der Waals surface area contributed by atoms with E-state index in [9.17, 15) is 8.42 Å². The highest BCUT2D eigenvalue weighted by Gasteiger charge is 2.20. The summed E-state index contributed by atoms with van der Waals surface area (Å²) in [7, 11) is -1.61. The van der Waals surface area contributed by atoms with Crippen LogP contribution in [0.15, 0.2) is 30.3 Å². The molecular formula is C13H21NO3S. The van der Waals surface area contributed by atoms with Gasteiger partial charge in [0.05, 0.1) is 12.4 Å². The Balaban J connectivity index is 2.78. The van der Waals surface area contributed by atoms with Crippen LogP contribution in [-0.4, -0.2) is 38.7 Å². The van der Waals surface area contributed by atoms with E-state index in [0.717, 1.165) is 5.56 Å². The van der Waals surface area contributed by atoms with Gasteiger partial charge < -0.3 is 4.74 Å². The largest absolute Gasteiger partial charge is 0.383 e. The first-order valence-electron chi connectivity index (χ1n) is 6.11. The van der Waals surface area contributed by atoms with E-state index in [2.05, 4.69) is 0 Å². The van der Waals surface area contributed by atoms with Gasteiger partial charge in [-0.15, -0.1) is 0 Å². The first-order valence-corrected chi connectivity index (χ1v) is 7.71. The molecule has 0 amide bonds. The van der Waals surface area contributed by atoms with Crippen molar-refractivity contribution in [3.05, 3.63) is 35.9 Å². The minimum atomic E-state index is -3.19. The number of rotatable bonds is 8. The van der Waals surface area contributed by atoms with Crippen molar-refractivity contribution in [2.45, 2.75) is 19.9 Å². The lowest BCUT2D eigenvalue weighted by Crippen LogP contribution is -2.35. The van der Waals surface area contributed by atoms with Crippen LogP contribution in [0.1, 0.15) is 18.9 Å². The third kappa shape index (κ3) is 4.76. The van der Waals surface area contributed by atoms with Gasteiger partial charge in [0.15, 0.2) is 0 Å². The predicted molar refractivity (Wildman–Crippen MR) is 72.8 cm³/mol. The summed E-state index contributed by atoms with van der Waals surface area (Å²) in [6.45, 7) is 3.09. The van der Waals surface area contributed by atoms with Crippen molar-refractivity contribution >= 4 is 10.0 Å². The Morgan fingerprint density at radius 3 is 2.44 bits per heavy atom. The van der Waals surface area contributed by atoms with Gasteiger partial charge in [-0.25, -0.2) is 8.42 Å². The molecule has 0 atom stereocenters. The van der Waals surface area contributed by atoms with Gasteiger partial charge in [-0.2, -0.15) is 4.31 Å². The number of hydrogen-bond donors (Lipinski definition) is 0. The average Bonchev–Trinajstić information content (AvgIpc) is 2.35. The van der Waals surface area contributed by atoms with E-state index in [1.54, 1.807) is 7.11 Å². The molecule has 0 spiro atoms. The highest BCUT2D eigenvalue weighted by molar-refractivity contribution is 7.89. The van der Waals surface area contributed by atoms with Crippen LogP contribution in [0.3, 0.4) is 0 Å². The lowest BCUT2D eigenvalue weighted by Gasteiger charge is -2.21. The molecule has 0 aliphatic rings. The molecular weight excluding hydrogens is 250 g/mol. The van der Waals surface area contributed by atoms with Gasteiger partial charge in [-0.05, 0) is 12.0 Å². The van der Waals surface area contributed by atoms with Crippen molar-refractivity contribution in [1.29, 1.82) is 0 Å². The van der Waals surface area contributed by atoms with Crippen molar-refractivity contribution in [1.82, 2.24) is 4.31 Å². The molecule has 4 nitrogen and oxygen atoms in total. The number of nitrogens with zero attached hydrogens (tertiary/aromatic N) is 1. The molecule has 0 radical (unpaired) electrons. The van der Waals surface area contributed by atoms with Crippen molar-refractivity contribution < 1.29 is 13.2 Å². The van der Waals surface area contributed by atoms with Gasteiger partial charge >= 0.3 is 0 Å². The number of benzene rings is 1. The molecule has 18 heavy (non-hydrogen) atoms. The molecule has 0 bridgehead atoms. The second-order valence-electron chi connectivity index (χ2n) is 4.13. The molecule has 0 heterocycles. The Hall–Kier alpha value is -0.910. The van der Waals surface area contributed by atoms with Crippen molar-refractivity contribution in [3.8, 4) is 0 Å². The summed E-state index contributed by atoms with van der Waals surface area (Å²) in [4.78, 5) is 0. The van der Waals surface area contributed by atoms with E-state index in [4.69, 9.17) is 4.74 Å². The summed E-state index contributed by atoms with van der Waals surface area (Å²) >= 11 is 0. The molecule has 102 valence electrons. The minimum Gasteiger partial charge on any atom is -0.383 e. The van der Waals surface area contributed by atoms with Gasteiger partial charge in [0.2, 0.25) is 10.0 Å². The van der Waals surface area contributed by atoms with Crippen LogP contribution in [-0.2, 0) is 21.3 Å². The third-order valence-corrected chi connectivity index (χ3v) is 4.62. The second-order valence-corrected chi connectivity index (χ2v) is 6.22. The maximum Gasteiger partial charge on any atom is 0.214 e. The Bertz CT molecular complexity index is 431. The SMILES string of the molecule is CCCS(=O)(=O)N(CCOC)Cc1ccccc1. The summed E-state index contributed by atoms with van der Waals surface area (Å²) in [6, 6.07) is 9.61. The van der Waals surface area contributed by atoms with Crippen LogP contribution in [0.2, 0.25) is 0 Å². The van der Waals surface area contributed by atoms with E-state index in [1.165, 1.54) is 4.31 Å². The highest BCUT2D eigenvalue weighted by atomic mass is 32.2. The lowest BCUT2D eigenvalue weighted by molar-refractivity contribution is 0.177. The first-order chi connectivity index (χ1) is 8.60. The molecule has 0 N–H and O–H groups in total. The van der Waals surface area contributed by atoms with Gasteiger partial charge in [0, 0.05) is 20.2 Å². The molecule has 0 aliphatic heterocycles. The zero-order valence-electron chi connectivity index (χ0n) is 11.0. The average molecular weight is 271 g/mol. The molecule has 1 rings (SSSR count). The molecule has 0 unspecified atom stereocenters. The van der Waals surface area contributed by atoms with Crippen LogP contribution in [0, 0.1) is 0 Å². The standard InChI is InChI=1S/C13H21NO3S/c1-3-11-18(15,16)14(9-10-17-2)12-13-7-5-4-6-8-13/h4-8H,3,9-12H2,1-2H3. The van der Waals surface area contributed by atoms with Crippen LogP contribution in [0.4, 0.5) is 0 Å². The Kier molecular flexibility index (Phi) is 6.32. The Labute approximate surface area is 110 Å². The molecule has 1 aromatic carbocycles. The summed E-state index contributed by atoms with van der Waals surface area (Å²) in [5, 5.41) is 0. The second kappa shape index (κ2) is 7.51. The number of hydrogen-bond acceptors (Lipinski definition) is 3. The summed E-state index contributed by atoms with van der Waals surface area (Å²) < 4.78 is 30.7. The quantitative estimate of drug-likeness (QED) is 0.725. The fourth-order valence-corrected chi connectivity index (χ4v) is 3.16. The summed E-state index contributed by atoms with van der Waals surface area (Å²) in [6.07, 6.45) is 0.626. The number of sulfonamides is 1. The highest BCUT2D eigenvalue weighted by Crippen LogP contribution is 2.10. The Morgan fingerprint density at radius 1 is 1.22 bits per heavy atom. The zero-order valence-corrected chi connectivity index (χ0v) is 11.8. The minimum absolute atomic E-state index is 0.184. The number of methoxy groups -OCH3 is 1. The predicted octanol–water partition coefficient (Wildman–Crippen LogP) is 1.87. The van der Waals surface area contributed by atoms with Crippen molar-refractivity contribution in [2.75, 3.05) is 26.0 Å². The fourth-order valence-electron chi connectivity index (χ4n) is 1.68. The fraction of sp³-hybridized carbons (Fsp3) is 0.538. The molecule has 0 aromatic heterocycles. The molecule has 5 heteroatoms. The smallest absolute Gasteiger partial charge is 0.214 e.